The van der Waals surface area contributed by atoms with Crippen molar-refractivity contribution in [3.63, 3.8) is 0 Å². The largest absolute Gasteiger partial charge is 0.345 e. The van der Waals surface area contributed by atoms with Crippen molar-refractivity contribution in [2.75, 3.05) is 14.1 Å². The second-order valence-corrected chi connectivity index (χ2v) is 3.76. The lowest BCUT2D eigenvalue weighted by Gasteiger charge is -2.10. The molecule has 76 valence electrons. The third kappa shape index (κ3) is 1.84. The second kappa shape index (κ2) is 3.73. The lowest BCUT2D eigenvalue weighted by atomic mass is 10.1. The van der Waals surface area contributed by atoms with Crippen LogP contribution >= 0.6 is 0 Å². The van der Waals surface area contributed by atoms with Crippen molar-refractivity contribution < 1.29 is 4.79 Å². The van der Waals surface area contributed by atoms with Crippen molar-refractivity contribution in [3.8, 4) is 0 Å². The number of amides is 1. The molecule has 0 unspecified atom stereocenters. The molecule has 0 N–H and O–H groups in total. The van der Waals surface area contributed by atoms with Crippen LogP contribution in [0.25, 0.3) is 10.8 Å². The zero-order valence-corrected chi connectivity index (χ0v) is 8.90. The van der Waals surface area contributed by atoms with Gasteiger partial charge < -0.3 is 4.90 Å². The molecule has 0 atom stereocenters. The van der Waals surface area contributed by atoms with Crippen LogP contribution in [0.2, 0.25) is 0 Å². The van der Waals surface area contributed by atoms with Gasteiger partial charge in [0.25, 0.3) is 5.91 Å². The fourth-order valence-electron chi connectivity index (χ4n) is 1.58. The molecule has 0 aromatic heterocycles. The van der Waals surface area contributed by atoms with E-state index < -0.39 is 0 Å². The van der Waals surface area contributed by atoms with Gasteiger partial charge in [0.1, 0.15) is 0 Å². The van der Waals surface area contributed by atoms with Gasteiger partial charge in [-0.2, -0.15) is 0 Å². The van der Waals surface area contributed by atoms with Gasteiger partial charge in [-0.1, -0.05) is 30.3 Å². The molecule has 0 bridgehead atoms. The number of fused-ring (bicyclic) bond motifs is 1. The van der Waals surface area contributed by atoms with Crippen molar-refractivity contribution in [1.29, 1.82) is 0 Å². The predicted octanol–water partition coefficient (Wildman–Crippen LogP) is 2.54. The van der Waals surface area contributed by atoms with E-state index in [1.165, 1.54) is 0 Å². The van der Waals surface area contributed by atoms with E-state index in [2.05, 4.69) is 0 Å². The Kier molecular flexibility index (Phi) is 2.42. The van der Waals surface area contributed by atoms with Crippen LogP contribution in [0.5, 0.6) is 0 Å². The number of hydrogen-bond acceptors (Lipinski definition) is 1. The van der Waals surface area contributed by atoms with Gasteiger partial charge in [-0.3, -0.25) is 4.79 Å². The highest BCUT2D eigenvalue weighted by Crippen LogP contribution is 2.16. The standard InChI is InChI=1S/C13H13NO/c1-14(2)13(15)12-8-7-10-5-3-4-6-11(10)9-12/h3-9H,1-2H3. The average Bonchev–Trinajstić information content (AvgIpc) is 2.27. The van der Waals surface area contributed by atoms with E-state index in [4.69, 9.17) is 0 Å². The Balaban J connectivity index is 2.52. The number of nitrogens with zero attached hydrogens (tertiary/aromatic N) is 1. The lowest BCUT2D eigenvalue weighted by Crippen LogP contribution is -2.21. The molecule has 15 heavy (non-hydrogen) atoms. The van der Waals surface area contributed by atoms with E-state index in [1.54, 1.807) is 19.0 Å². The number of carbonyl (C=O) groups is 1. The maximum Gasteiger partial charge on any atom is 0.253 e. The summed E-state index contributed by atoms with van der Waals surface area (Å²) in [6, 6.07) is 13.8. The van der Waals surface area contributed by atoms with Gasteiger partial charge in [0.2, 0.25) is 0 Å². The van der Waals surface area contributed by atoms with Crippen molar-refractivity contribution >= 4 is 16.7 Å². The summed E-state index contributed by atoms with van der Waals surface area (Å²) in [5.41, 5.74) is 0.735. The van der Waals surface area contributed by atoms with Gasteiger partial charge in [-0.25, -0.2) is 0 Å². The molecule has 0 radical (unpaired) electrons. The van der Waals surface area contributed by atoms with Crippen LogP contribution in [0.1, 0.15) is 10.4 Å². The third-order valence-electron chi connectivity index (χ3n) is 2.40. The van der Waals surface area contributed by atoms with Crippen LogP contribution in [0.15, 0.2) is 42.5 Å². The monoisotopic (exact) mass is 199 g/mol. The molecule has 0 spiro atoms. The molecule has 0 aliphatic heterocycles. The normalized spacial score (nSPS) is 10.3. The highest BCUT2D eigenvalue weighted by Gasteiger charge is 2.07. The Morgan fingerprint density at radius 1 is 1.00 bits per heavy atom. The van der Waals surface area contributed by atoms with E-state index in [0.29, 0.717) is 0 Å². The molecule has 0 fully saturated rings. The van der Waals surface area contributed by atoms with Crippen molar-refractivity contribution in [3.05, 3.63) is 48.0 Å². The van der Waals surface area contributed by atoms with Gasteiger partial charge in [0.05, 0.1) is 0 Å². The summed E-state index contributed by atoms with van der Waals surface area (Å²) in [6.07, 6.45) is 0. The summed E-state index contributed by atoms with van der Waals surface area (Å²) in [5.74, 6) is 0.0424. The maximum atomic E-state index is 11.7. The van der Waals surface area contributed by atoms with Crippen molar-refractivity contribution in [2.24, 2.45) is 0 Å². The maximum absolute atomic E-state index is 11.7. The van der Waals surface area contributed by atoms with Crippen LogP contribution < -0.4 is 0 Å². The molecule has 0 aliphatic rings. The summed E-state index contributed by atoms with van der Waals surface area (Å²) in [7, 11) is 3.52. The molecule has 0 aliphatic carbocycles. The highest BCUT2D eigenvalue weighted by molar-refractivity contribution is 5.98. The average molecular weight is 199 g/mol. The first-order chi connectivity index (χ1) is 7.18. The fraction of sp³-hybridized carbons (Fsp3) is 0.154. The number of hydrogen-bond donors (Lipinski definition) is 0. The first kappa shape index (κ1) is 9.71. The molecule has 0 saturated heterocycles. The molecule has 2 rings (SSSR count). The Hall–Kier alpha value is -1.83. The zero-order chi connectivity index (χ0) is 10.8. The molecule has 2 aromatic rings. The minimum absolute atomic E-state index is 0.0424. The van der Waals surface area contributed by atoms with E-state index in [-0.39, 0.29) is 5.91 Å². The minimum Gasteiger partial charge on any atom is -0.345 e. The topological polar surface area (TPSA) is 20.3 Å². The van der Waals surface area contributed by atoms with Crippen molar-refractivity contribution in [2.45, 2.75) is 0 Å². The van der Waals surface area contributed by atoms with Gasteiger partial charge in [0.15, 0.2) is 0 Å². The molecule has 0 heterocycles. The molecule has 2 heteroatoms. The van der Waals surface area contributed by atoms with Crippen LogP contribution in [0.4, 0.5) is 0 Å². The smallest absolute Gasteiger partial charge is 0.253 e. The molecule has 2 aromatic carbocycles. The Labute approximate surface area is 89.1 Å². The Bertz CT molecular complexity index is 503. The summed E-state index contributed by atoms with van der Waals surface area (Å²) < 4.78 is 0. The van der Waals surface area contributed by atoms with Gasteiger partial charge >= 0.3 is 0 Å². The Morgan fingerprint density at radius 2 is 1.67 bits per heavy atom. The summed E-state index contributed by atoms with van der Waals surface area (Å²) >= 11 is 0. The Morgan fingerprint density at radius 3 is 2.33 bits per heavy atom. The first-order valence-electron chi connectivity index (χ1n) is 4.89. The molecular weight excluding hydrogens is 186 g/mol. The van der Waals surface area contributed by atoms with Gasteiger partial charge in [0, 0.05) is 19.7 Å². The second-order valence-electron chi connectivity index (χ2n) is 3.76. The fourth-order valence-corrected chi connectivity index (χ4v) is 1.58. The molecular formula is C13H13NO. The molecule has 0 saturated carbocycles. The molecule has 1 amide bonds. The lowest BCUT2D eigenvalue weighted by molar-refractivity contribution is 0.0828. The van der Waals surface area contributed by atoms with Crippen LogP contribution in [0, 0.1) is 0 Å². The molecule has 2 nitrogen and oxygen atoms in total. The van der Waals surface area contributed by atoms with E-state index in [1.807, 2.05) is 42.5 Å². The quantitative estimate of drug-likeness (QED) is 0.691. The SMILES string of the molecule is CN(C)C(=O)c1ccc2ccccc2c1. The van der Waals surface area contributed by atoms with Gasteiger partial charge in [-0.05, 0) is 22.9 Å². The summed E-state index contributed by atoms with van der Waals surface area (Å²) in [4.78, 5) is 13.3. The number of carbonyl (C=O) groups excluding carboxylic acids is 1. The predicted molar refractivity (Wildman–Crippen MR) is 62.0 cm³/mol. The third-order valence-corrected chi connectivity index (χ3v) is 2.40. The van der Waals surface area contributed by atoms with Gasteiger partial charge in [-0.15, -0.1) is 0 Å². The van der Waals surface area contributed by atoms with Crippen LogP contribution in [-0.2, 0) is 0 Å². The van der Waals surface area contributed by atoms with Crippen molar-refractivity contribution in [1.82, 2.24) is 4.90 Å². The highest BCUT2D eigenvalue weighted by atomic mass is 16.2. The number of rotatable bonds is 1. The summed E-state index contributed by atoms with van der Waals surface area (Å²) in [5, 5.41) is 2.26. The zero-order valence-electron chi connectivity index (χ0n) is 8.90. The minimum atomic E-state index is 0.0424. The number of benzene rings is 2. The summed E-state index contributed by atoms with van der Waals surface area (Å²) in [6.45, 7) is 0. The van der Waals surface area contributed by atoms with E-state index in [0.717, 1.165) is 16.3 Å². The van der Waals surface area contributed by atoms with E-state index in [9.17, 15) is 4.79 Å². The first-order valence-corrected chi connectivity index (χ1v) is 4.89. The van der Waals surface area contributed by atoms with Crippen LogP contribution in [0.3, 0.4) is 0 Å². The van der Waals surface area contributed by atoms with E-state index >= 15 is 0 Å². The van der Waals surface area contributed by atoms with Crippen LogP contribution in [-0.4, -0.2) is 24.9 Å².